The highest BCUT2D eigenvalue weighted by atomic mass is 16.5. The van der Waals surface area contributed by atoms with E-state index >= 15 is 0 Å². The van der Waals surface area contributed by atoms with Gasteiger partial charge in [0.15, 0.2) is 0 Å². The largest absolute Gasteiger partial charge is 0.507 e. The van der Waals surface area contributed by atoms with Crippen molar-refractivity contribution in [1.82, 2.24) is 5.32 Å². The lowest BCUT2D eigenvalue weighted by molar-refractivity contribution is -0.145. The Bertz CT molecular complexity index is 459. The summed E-state index contributed by atoms with van der Waals surface area (Å²) in [7, 11) is 0. The van der Waals surface area contributed by atoms with Gasteiger partial charge in [0.1, 0.15) is 5.75 Å². The van der Waals surface area contributed by atoms with Crippen LogP contribution in [0.3, 0.4) is 0 Å². The normalized spacial score (nSPS) is 11.7. The van der Waals surface area contributed by atoms with Crippen LogP contribution in [0, 0.1) is 0 Å². The van der Waals surface area contributed by atoms with Crippen LogP contribution in [0.1, 0.15) is 43.5 Å². The van der Waals surface area contributed by atoms with E-state index in [-0.39, 0.29) is 29.3 Å². The second-order valence-electron chi connectivity index (χ2n) is 4.69. The first-order chi connectivity index (χ1) is 9.50. The van der Waals surface area contributed by atoms with Crippen molar-refractivity contribution in [3.8, 4) is 5.75 Å². The van der Waals surface area contributed by atoms with Crippen molar-refractivity contribution in [2.75, 3.05) is 6.54 Å². The summed E-state index contributed by atoms with van der Waals surface area (Å²) >= 11 is 0. The van der Waals surface area contributed by atoms with Crippen LogP contribution in [-0.4, -0.2) is 29.6 Å². The van der Waals surface area contributed by atoms with Crippen molar-refractivity contribution in [3.63, 3.8) is 0 Å². The predicted octanol–water partition coefficient (Wildman–Crippen LogP) is 2.24. The SMILES string of the molecule is CC(=O)O[C@H](C)CCCCNC(=O)c1ccccc1O. The zero-order valence-electron chi connectivity index (χ0n) is 11.9. The van der Waals surface area contributed by atoms with Crippen LogP contribution < -0.4 is 5.32 Å². The van der Waals surface area contributed by atoms with Gasteiger partial charge in [0.05, 0.1) is 11.7 Å². The number of unbranched alkanes of at least 4 members (excludes halogenated alkanes) is 1. The Morgan fingerprint density at radius 3 is 2.65 bits per heavy atom. The fourth-order valence-corrected chi connectivity index (χ4v) is 1.86. The van der Waals surface area contributed by atoms with Gasteiger partial charge >= 0.3 is 5.97 Å². The van der Waals surface area contributed by atoms with Gasteiger partial charge in [-0.2, -0.15) is 0 Å². The monoisotopic (exact) mass is 279 g/mol. The van der Waals surface area contributed by atoms with Gasteiger partial charge < -0.3 is 15.2 Å². The Balaban J connectivity index is 2.20. The van der Waals surface area contributed by atoms with E-state index in [0.29, 0.717) is 6.54 Å². The Morgan fingerprint density at radius 1 is 1.30 bits per heavy atom. The summed E-state index contributed by atoms with van der Waals surface area (Å²) in [5.41, 5.74) is 0.279. The molecule has 1 rings (SSSR count). The summed E-state index contributed by atoms with van der Waals surface area (Å²) in [5.74, 6) is -0.574. The Morgan fingerprint density at radius 2 is 2.00 bits per heavy atom. The zero-order valence-corrected chi connectivity index (χ0v) is 11.9. The number of esters is 1. The van der Waals surface area contributed by atoms with Crippen LogP contribution in [0.2, 0.25) is 0 Å². The molecule has 0 aliphatic carbocycles. The highest BCUT2D eigenvalue weighted by Crippen LogP contribution is 2.15. The van der Waals surface area contributed by atoms with Crippen molar-refractivity contribution in [2.24, 2.45) is 0 Å². The second-order valence-corrected chi connectivity index (χ2v) is 4.69. The molecule has 0 unspecified atom stereocenters. The molecular formula is C15H21NO4. The van der Waals surface area contributed by atoms with Gasteiger partial charge in [-0.25, -0.2) is 0 Å². The maximum Gasteiger partial charge on any atom is 0.302 e. The summed E-state index contributed by atoms with van der Waals surface area (Å²) in [6.45, 7) is 3.77. The van der Waals surface area contributed by atoms with Crippen LogP contribution in [0.5, 0.6) is 5.75 Å². The zero-order chi connectivity index (χ0) is 15.0. The molecule has 0 bridgehead atoms. The molecule has 0 aliphatic heterocycles. The number of hydrogen-bond donors (Lipinski definition) is 2. The molecule has 110 valence electrons. The number of para-hydroxylation sites is 1. The first-order valence-corrected chi connectivity index (χ1v) is 6.74. The maximum atomic E-state index is 11.8. The van der Waals surface area contributed by atoms with Crippen molar-refractivity contribution >= 4 is 11.9 Å². The second kappa shape index (κ2) is 8.19. The lowest BCUT2D eigenvalue weighted by atomic mass is 10.1. The molecule has 0 aliphatic rings. The molecule has 0 spiro atoms. The van der Waals surface area contributed by atoms with Crippen molar-refractivity contribution < 1.29 is 19.4 Å². The van der Waals surface area contributed by atoms with E-state index in [0.717, 1.165) is 19.3 Å². The van der Waals surface area contributed by atoms with Crippen LogP contribution in [0.4, 0.5) is 0 Å². The number of phenols is 1. The quantitative estimate of drug-likeness (QED) is 0.593. The highest BCUT2D eigenvalue weighted by Gasteiger charge is 2.09. The molecule has 1 aromatic rings. The van der Waals surface area contributed by atoms with E-state index in [2.05, 4.69) is 5.32 Å². The Hall–Kier alpha value is -2.04. The molecule has 1 atom stereocenters. The van der Waals surface area contributed by atoms with Crippen LogP contribution in [0.25, 0.3) is 0 Å². The number of carbonyl (C=O) groups excluding carboxylic acids is 2. The van der Waals surface area contributed by atoms with Crippen LogP contribution in [-0.2, 0) is 9.53 Å². The van der Waals surface area contributed by atoms with Gasteiger partial charge in [-0.3, -0.25) is 9.59 Å². The van der Waals surface area contributed by atoms with Gasteiger partial charge in [-0.1, -0.05) is 12.1 Å². The van der Waals surface area contributed by atoms with Gasteiger partial charge in [0.25, 0.3) is 5.91 Å². The lowest BCUT2D eigenvalue weighted by Gasteiger charge is -2.11. The molecule has 0 saturated heterocycles. The van der Waals surface area contributed by atoms with E-state index < -0.39 is 0 Å². The summed E-state index contributed by atoms with van der Waals surface area (Å²) in [6, 6.07) is 6.43. The molecule has 0 saturated carbocycles. The van der Waals surface area contributed by atoms with Gasteiger partial charge in [0.2, 0.25) is 0 Å². The van der Waals surface area contributed by atoms with Crippen LogP contribution in [0.15, 0.2) is 24.3 Å². The minimum absolute atomic E-state index is 0.0199. The maximum absolute atomic E-state index is 11.8. The third kappa shape index (κ3) is 5.73. The van der Waals surface area contributed by atoms with E-state index in [1.165, 1.54) is 13.0 Å². The average molecular weight is 279 g/mol. The minimum Gasteiger partial charge on any atom is -0.507 e. The van der Waals surface area contributed by atoms with Crippen molar-refractivity contribution in [2.45, 2.75) is 39.2 Å². The molecule has 5 heteroatoms. The number of nitrogens with one attached hydrogen (secondary N) is 1. The van der Waals surface area contributed by atoms with Crippen molar-refractivity contribution in [1.29, 1.82) is 0 Å². The molecule has 0 radical (unpaired) electrons. The average Bonchev–Trinajstić information content (AvgIpc) is 2.37. The number of amides is 1. The fourth-order valence-electron chi connectivity index (χ4n) is 1.86. The number of phenolic OH excluding ortho intramolecular Hbond substituents is 1. The summed E-state index contributed by atoms with van der Waals surface area (Å²) in [5, 5.41) is 12.3. The fraction of sp³-hybridized carbons (Fsp3) is 0.467. The third-order valence-corrected chi connectivity index (χ3v) is 2.84. The number of ether oxygens (including phenoxy) is 1. The molecule has 5 nitrogen and oxygen atoms in total. The van der Waals surface area contributed by atoms with E-state index in [1.807, 2.05) is 6.92 Å². The minimum atomic E-state index is -0.281. The van der Waals surface area contributed by atoms with Crippen LogP contribution >= 0.6 is 0 Å². The van der Waals surface area contributed by atoms with E-state index in [1.54, 1.807) is 18.2 Å². The first kappa shape index (κ1) is 16.0. The predicted molar refractivity (Wildman–Crippen MR) is 75.5 cm³/mol. The van der Waals surface area contributed by atoms with Gasteiger partial charge in [-0.15, -0.1) is 0 Å². The standard InChI is InChI=1S/C15H21NO4/c1-11(20-12(2)17)7-5-6-10-16-15(19)13-8-3-4-9-14(13)18/h3-4,8-9,11,18H,5-7,10H2,1-2H3,(H,16,19)/t11-/m1/s1. The first-order valence-electron chi connectivity index (χ1n) is 6.74. The molecule has 0 aromatic heterocycles. The number of hydrogen-bond acceptors (Lipinski definition) is 4. The van der Waals surface area contributed by atoms with Crippen molar-refractivity contribution in [3.05, 3.63) is 29.8 Å². The van der Waals surface area contributed by atoms with Gasteiger partial charge in [0, 0.05) is 13.5 Å². The molecule has 1 aromatic carbocycles. The van der Waals surface area contributed by atoms with E-state index in [4.69, 9.17) is 4.74 Å². The smallest absolute Gasteiger partial charge is 0.302 e. The molecular weight excluding hydrogens is 258 g/mol. The Labute approximate surface area is 118 Å². The number of carbonyl (C=O) groups is 2. The molecule has 0 heterocycles. The summed E-state index contributed by atoms with van der Waals surface area (Å²) in [6.07, 6.45) is 2.33. The number of rotatable bonds is 7. The summed E-state index contributed by atoms with van der Waals surface area (Å²) < 4.78 is 5.00. The molecule has 0 fully saturated rings. The topological polar surface area (TPSA) is 75.6 Å². The summed E-state index contributed by atoms with van der Waals surface area (Å²) in [4.78, 5) is 22.5. The molecule has 2 N–H and O–H groups in total. The third-order valence-electron chi connectivity index (χ3n) is 2.84. The molecule has 20 heavy (non-hydrogen) atoms. The van der Waals surface area contributed by atoms with E-state index in [9.17, 15) is 14.7 Å². The Kier molecular flexibility index (Phi) is 6.56. The number of benzene rings is 1. The lowest BCUT2D eigenvalue weighted by Crippen LogP contribution is -2.24. The van der Waals surface area contributed by atoms with Gasteiger partial charge in [-0.05, 0) is 38.3 Å². The highest BCUT2D eigenvalue weighted by molar-refractivity contribution is 5.96. The number of aromatic hydroxyl groups is 1. The molecule has 1 amide bonds.